The molecule has 1 aliphatic rings. The highest BCUT2D eigenvalue weighted by Gasteiger charge is 2.21. The Balaban J connectivity index is 2.18. The number of benzene rings is 1. The van der Waals surface area contributed by atoms with Crippen LogP contribution in [0, 0.1) is 0 Å². The number of pyridine rings is 1. The van der Waals surface area contributed by atoms with E-state index in [-0.39, 0.29) is 5.91 Å². The first-order valence-corrected chi connectivity index (χ1v) is 9.35. The van der Waals surface area contributed by atoms with Crippen molar-refractivity contribution in [3.05, 3.63) is 76.8 Å². The molecular formula is C23H25N3O2. The summed E-state index contributed by atoms with van der Waals surface area (Å²) in [6.45, 7) is 4.07. The highest BCUT2D eigenvalue weighted by Crippen LogP contribution is 2.34. The average Bonchev–Trinajstić information content (AvgIpc) is 2.67. The van der Waals surface area contributed by atoms with E-state index in [1.807, 2.05) is 44.4 Å². The molecule has 1 aromatic carbocycles. The Morgan fingerprint density at radius 3 is 2.75 bits per heavy atom. The molecule has 0 radical (unpaired) electrons. The molecule has 144 valence electrons. The summed E-state index contributed by atoms with van der Waals surface area (Å²) in [6, 6.07) is 7.97. The third-order valence-corrected chi connectivity index (χ3v) is 4.68. The summed E-state index contributed by atoms with van der Waals surface area (Å²) in [5.41, 5.74) is 7.47. The summed E-state index contributed by atoms with van der Waals surface area (Å²) in [7, 11) is 1.73. The topological polar surface area (TPSA) is 62.3 Å². The molecule has 0 saturated carbocycles. The summed E-state index contributed by atoms with van der Waals surface area (Å²) < 4.78 is 0. The first-order chi connectivity index (χ1) is 13.5. The minimum absolute atomic E-state index is 0.0494. The molecular weight excluding hydrogens is 350 g/mol. The molecule has 2 heterocycles. The largest absolute Gasteiger partial charge is 0.326 e. The summed E-state index contributed by atoms with van der Waals surface area (Å²) in [5, 5.41) is 2.99. The van der Waals surface area contributed by atoms with Crippen LogP contribution in [0.4, 0.5) is 5.69 Å². The highest BCUT2D eigenvalue weighted by atomic mass is 16.1. The Labute approximate surface area is 165 Å². The standard InChI is InChI=1S/C23H25N3O2/c1-16(2)11-18(14-26(3)15-27)19-6-8-22-20(7-9-23(28)25-22)21(19)12-17-5-4-10-24-13-17/h4-6,8,10-11,13-15H,7,9,12H2,1-3H3,(H,25,28)/b18-14+. The van der Waals surface area contributed by atoms with Crippen LogP contribution in [0.5, 0.6) is 0 Å². The van der Waals surface area contributed by atoms with Gasteiger partial charge in [-0.15, -0.1) is 0 Å². The highest BCUT2D eigenvalue weighted by molar-refractivity contribution is 5.95. The molecule has 0 saturated heterocycles. The van der Waals surface area contributed by atoms with Crippen LogP contribution in [0.15, 0.2) is 54.5 Å². The molecule has 0 spiro atoms. The minimum Gasteiger partial charge on any atom is -0.326 e. The van der Waals surface area contributed by atoms with E-state index in [0.717, 1.165) is 45.5 Å². The number of allylic oxidation sites excluding steroid dienone is 3. The zero-order valence-corrected chi connectivity index (χ0v) is 16.5. The number of anilines is 1. The van der Waals surface area contributed by atoms with Gasteiger partial charge in [-0.2, -0.15) is 0 Å². The van der Waals surface area contributed by atoms with Crippen molar-refractivity contribution in [3.63, 3.8) is 0 Å². The number of carbonyl (C=O) groups excluding carboxylic acids is 2. The number of hydrogen-bond acceptors (Lipinski definition) is 3. The van der Waals surface area contributed by atoms with Crippen LogP contribution in [0.25, 0.3) is 5.57 Å². The summed E-state index contributed by atoms with van der Waals surface area (Å²) in [4.78, 5) is 28.8. The van der Waals surface area contributed by atoms with E-state index in [0.29, 0.717) is 19.3 Å². The number of nitrogens with one attached hydrogen (secondary N) is 1. The van der Waals surface area contributed by atoms with Crippen molar-refractivity contribution in [1.82, 2.24) is 9.88 Å². The van der Waals surface area contributed by atoms with Crippen molar-refractivity contribution in [3.8, 4) is 0 Å². The number of amides is 2. The van der Waals surface area contributed by atoms with E-state index in [4.69, 9.17) is 0 Å². The number of rotatable bonds is 6. The van der Waals surface area contributed by atoms with Crippen LogP contribution in [0.1, 0.15) is 42.5 Å². The van der Waals surface area contributed by atoms with E-state index in [2.05, 4.69) is 22.4 Å². The zero-order valence-electron chi connectivity index (χ0n) is 16.5. The van der Waals surface area contributed by atoms with Gasteiger partial charge in [0.25, 0.3) is 0 Å². The maximum absolute atomic E-state index is 11.9. The number of nitrogens with zero attached hydrogens (tertiary/aromatic N) is 2. The van der Waals surface area contributed by atoms with E-state index >= 15 is 0 Å². The third-order valence-electron chi connectivity index (χ3n) is 4.68. The Morgan fingerprint density at radius 1 is 1.25 bits per heavy atom. The molecule has 5 heteroatoms. The Kier molecular flexibility index (Phi) is 6.04. The molecule has 1 aromatic heterocycles. The minimum atomic E-state index is 0.0494. The summed E-state index contributed by atoms with van der Waals surface area (Å²) >= 11 is 0. The lowest BCUT2D eigenvalue weighted by atomic mass is 9.86. The fourth-order valence-corrected chi connectivity index (χ4v) is 3.47. The van der Waals surface area contributed by atoms with Gasteiger partial charge < -0.3 is 10.2 Å². The fourth-order valence-electron chi connectivity index (χ4n) is 3.47. The number of aromatic nitrogens is 1. The lowest BCUT2D eigenvalue weighted by Gasteiger charge is -2.24. The number of fused-ring (bicyclic) bond motifs is 1. The lowest BCUT2D eigenvalue weighted by molar-refractivity contribution is -0.116. The van der Waals surface area contributed by atoms with Crippen molar-refractivity contribution in [2.75, 3.05) is 12.4 Å². The molecule has 1 N–H and O–H groups in total. The van der Waals surface area contributed by atoms with Crippen molar-refractivity contribution < 1.29 is 9.59 Å². The van der Waals surface area contributed by atoms with E-state index < -0.39 is 0 Å². The second kappa shape index (κ2) is 8.65. The molecule has 28 heavy (non-hydrogen) atoms. The van der Waals surface area contributed by atoms with Gasteiger partial charge in [0.1, 0.15) is 0 Å². The molecule has 0 bridgehead atoms. The Morgan fingerprint density at radius 2 is 2.07 bits per heavy atom. The molecule has 0 aliphatic carbocycles. The quantitative estimate of drug-likeness (QED) is 0.614. The van der Waals surface area contributed by atoms with E-state index in [9.17, 15) is 9.59 Å². The van der Waals surface area contributed by atoms with Crippen molar-refractivity contribution in [2.24, 2.45) is 0 Å². The van der Waals surface area contributed by atoms with Gasteiger partial charge in [0.2, 0.25) is 12.3 Å². The molecule has 2 amide bonds. The van der Waals surface area contributed by atoms with Gasteiger partial charge >= 0.3 is 0 Å². The lowest BCUT2D eigenvalue weighted by Crippen LogP contribution is -2.21. The van der Waals surface area contributed by atoms with E-state index in [1.165, 1.54) is 4.90 Å². The Hall–Kier alpha value is -3.21. The molecule has 0 fully saturated rings. The number of hydrogen-bond donors (Lipinski definition) is 1. The second-order valence-electron chi connectivity index (χ2n) is 7.28. The maximum atomic E-state index is 11.9. The smallest absolute Gasteiger partial charge is 0.224 e. The van der Waals surface area contributed by atoms with Crippen LogP contribution in [0.3, 0.4) is 0 Å². The molecule has 0 unspecified atom stereocenters. The summed E-state index contributed by atoms with van der Waals surface area (Å²) in [6.07, 6.45) is 10.2. The predicted molar refractivity (Wildman–Crippen MR) is 112 cm³/mol. The fraction of sp³-hybridized carbons (Fsp3) is 0.261. The van der Waals surface area contributed by atoms with Crippen molar-refractivity contribution in [2.45, 2.75) is 33.1 Å². The van der Waals surface area contributed by atoms with Crippen LogP contribution >= 0.6 is 0 Å². The third kappa shape index (κ3) is 4.55. The normalized spacial score (nSPS) is 13.4. The van der Waals surface area contributed by atoms with Gasteiger partial charge in [-0.1, -0.05) is 23.8 Å². The number of carbonyl (C=O) groups is 2. The van der Waals surface area contributed by atoms with Crippen LogP contribution in [-0.4, -0.2) is 29.2 Å². The first kappa shape index (κ1) is 19.5. The SMILES string of the molecule is CC(C)=C/C(=C\N(C)C=O)c1ccc2c(c1Cc1cccnc1)CCC(=O)N2. The van der Waals surface area contributed by atoms with Gasteiger partial charge in [0.05, 0.1) is 0 Å². The van der Waals surface area contributed by atoms with Crippen LogP contribution in [0.2, 0.25) is 0 Å². The predicted octanol–water partition coefficient (Wildman–Crippen LogP) is 3.95. The van der Waals surface area contributed by atoms with E-state index in [1.54, 1.807) is 13.2 Å². The molecule has 0 atom stereocenters. The monoisotopic (exact) mass is 375 g/mol. The molecule has 5 nitrogen and oxygen atoms in total. The average molecular weight is 375 g/mol. The van der Waals surface area contributed by atoms with Gasteiger partial charge in [-0.05, 0) is 66.6 Å². The maximum Gasteiger partial charge on any atom is 0.224 e. The van der Waals surface area contributed by atoms with Gasteiger partial charge in [0.15, 0.2) is 0 Å². The molecule has 2 aromatic rings. The van der Waals surface area contributed by atoms with Crippen molar-refractivity contribution in [1.29, 1.82) is 0 Å². The first-order valence-electron chi connectivity index (χ1n) is 9.35. The van der Waals surface area contributed by atoms with Crippen LogP contribution < -0.4 is 5.32 Å². The zero-order chi connectivity index (χ0) is 20.1. The van der Waals surface area contributed by atoms with Gasteiger partial charge in [-0.25, -0.2) is 0 Å². The van der Waals surface area contributed by atoms with Crippen molar-refractivity contribution >= 4 is 23.6 Å². The van der Waals surface area contributed by atoms with Gasteiger partial charge in [0, 0.05) is 37.7 Å². The van der Waals surface area contributed by atoms with Crippen LogP contribution in [-0.2, 0) is 22.4 Å². The Bertz CT molecular complexity index is 942. The molecule has 3 rings (SSSR count). The second-order valence-corrected chi connectivity index (χ2v) is 7.28. The molecule has 1 aliphatic heterocycles. The summed E-state index contributed by atoms with van der Waals surface area (Å²) in [5.74, 6) is 0.0494. The van der Waals surface area contributed by atoms with Gasteiger partial charge in [-0.3, -0.25) is 14.6 Å².